The number of aromatic nitrogens is 3. The SMILES string of the molecule is O=C(Nc1ccc(OC[C@@H]2CCCO2)cc1)N1CCC(n2cnnc2)CC1. The Hall–Kier alpha value is -2.61. The van der Waals surface area contributed by atoms with Crippen LogP contribution in [0.15, 0.2) is 36.9 Å². The molecule has 27 heavy (non-hydrogen) atoms. The van der Waals surface area contributed by atoms with Gasteiger partial charge in [0.2, 0.25) is 0 Å². The molecule has 2 saturated heterocycles. The van der Waals surface area contributed by atoms with Crippen LogP contribution in [0.4, 0.5) is 10.5 Å². The summed E-state index contributed by atoms with van der Waals surface area (Å²) in [6.07, 6.45) is 7.65. The highest BCUT2D eigenvalue weighted by Gasteiger charge is 2.23. The second kappa shape index (κ2) is 8.39. The maximum absolute atomic E-state index is 12.5. The number of hydrogen-bond donors (Lipinski definition) is 1. The Morgan fingerprint density at radius 1 is 1.15 bits per heavy atom. The Bertz CT molecular complexity index is 720. The minimum absolute atomic E-state index is 0.0646. The lowest BCUT2D eigenvalue weighted by atomic mass is 10.1. The van der Waals surface area contributed by atoms with E-state index in [1.54, 1.807) is 12.7 Å². The molecular weight excluding hydrogens is 346 g/mol. The fourth-order valence-electron chi connectivity index (χ4n) is 3.57. The lowest BCUT2D eigenvalue weighted by Crippen LogP contribution is -2.41. The van der Waals surface area contributed by atoms with Crippen molar-refractivity contribution in [3.05, 3.63) is 36.9 Å². The summed E-state index contributed by atoms with van der Waals surface area (Å²) in [5.41, 5.74) is 0.769. The van der Waals surface area contributed by atoms with Crippen LogP contribution in [0.2, 0.25) is 0 Å². The van der Waals surface area contributed by atoms with E-state index in [1.807, 2.05) is 33.7 Å². The van der Waals surface area contributed by atoms with Crippen LogP contribution < -0.4 is 10.1 Å². The predicted octanol–water partition coefficient (Wildman–Crippen LogP) is 2.70. The molecule has 1 atom stereocenters. The molecule has 2 aliphatic heterocycles. The van der Waals surface area contributed by atoms with Gasteiger partial charge in [0, 0.05) is 31.4 Å². The molecule has 8 nitrogen and oxygen atoms in total. The fraction of sp³-hybridized carbons (Fsp3) is 0.526. The summed E-state index contributed by atoms with van der Waals surface area (Å²) >= 11 is 0. The average Bonchev–Trinajstić information content (AvgIpc) is 3.42. The van der Waals surface area contributed by atoms with Crippen LogP contribution in [0.1, 0.15) is 31.7 Å². The molecule has 1 aromatic carbocycles. The standard InChI is InChI=1S/C19H25N5O3/c25-19(23-9-7-16(8-10-23)24-13-20-21-14-24)22-15-3-5-17(6-4-15)27-12-18-2-1-11-26-18/h3-6,13-14,16,18H,1-2,7-12H2,(H,22,25)/t18-/m0/s1. The Kier molecular flexibility index (Phi) is 5.53. The van der Waals surface area contributed by atoms with Gasteiger partial charge in [0.05, 0.1) is 6.10 Å². The second-order valence-electron chi connectivity index (χ2n) is 7.03. The summed E-state index contributed by atoms with van der Waals surface area (Å²) in [7, 11) is 0. The minimum atomic E-state index is -0.0646. The number of anilines is 1. The zero-order valence-corrected chi connectivity index (χ0v) is 15.3. The molecule has 2 aromatic rings. The number of benzene rings is 1. The minimum Gasteiger partial charge on any atom is -0.491 e. The van der Waals surface area contributed by atoms with E-state index >= 15 is 0 Å². The average molecular weight is 371 g/mol. The molecule has 1 aromatic heterocycles. The van der Waals surface area contributed by atoms with Crippen LogP contribution in [0.3, 0.4) is 0 Å². The number of likely N-dealkylation sites (tertiary alicyclic amines) is 1. The van der Waals surface area contributed by atoms with Crippen LogP contribution in [0, 0.1) is 0 Å². The summed E-state index contributed by atoms with van der Waals surface area (Å²) in [5, 5.41) is 10.7. The molecule has 0 saturated carbocycles. The summed E-state index contributed by atoms with van der Waals surface area (Å²) in [6, 6.07) is 7.79. The Morgan fingerprint density at radius 3 is 2.56 bits per heavy atom. The van der Waals surface area contributed by atoms with Crippen molar-refractivity contribution in [2.45, 2.75) is 37.8 Å². The molecule has 0 spiro atoms. The second-order valence-corrected chi connectivity index (χ2v) is 7.03. The molecule has 0 unspecified atom stereocenters. The van der Waals surface area contributed by atoms with E-state index in [0.29, 0.717) is 12.6 Å². The van der Waals surface area contributed by atoms with Gasteiger partial charge in [0.25, 0.3) is 0 Å². The number of nitrogens with one attached hydrogen (secondary N) is 1. The first kappa shape index (κ1) is 17.8. The third-order valence-electron chi connectivity index (χ3n) is 5.18. The molecule has 4 rings (SSSR count). The first-order chi connectivity index (χ1) is 13.3. The van der Waals surface area contributed by atoms with Crippen molar-refractivity contribution in [1.82, 2.24) is 19.7 Å². The fourth-order valence-corrected chi connectivity index (χ4v) is 3.57. The molecular formula is C19H25N5O3. The summed E-state index contributed by atoms with van der Waals surface area (Å²) in [5.74, 6) is 0.790. The summed E-state index contributed by atoms with van der Waals surface area (Å²) < 4.78 is 13.3. The zero-order chi connectivity index (χ0) is 18.5. The maximum Gasteiger partial charge on any atom is 0.321 e. The van der Waals surface area contributed by atoms with Crippen molar-refractivity contribution in [3.8, 4) is 5.75 Å². The number of urea groups is 1. The van der Waals surface area contributed by atoms with Crippen LogP contribution in [0.25, 0.3) is 0 Å². The molecule has 2 fully saturated rings. The number of nitrogens with zero attached hydrogens (tertiary/aromatic N) is 4. The van der Waals surface area contributed by atoms with Crippen molar-refractivity contribution in [2.75, 3.05) is 31.6 Å². The molecule has 8 heteroatoms. The molecule has 0 bridgehead atoms. The third-order valence-corrected chi connectivity index (χ3v) is 5.18. The van der Waals surface area contributed by atoms with Crippen molar-refractivity contribution in [3.63, 3.8) is 0 Å². The van der Waals surface area contributed by atoms with Gasteiger partial charge in [-0.3, -0.25) is 0 Å². The molecule has 0 aliphatic carbocycles. The molecule has 2 amide bonds. The Balaban J connectivity index is 1.23. The third kappa shape index (κ3) is 4.57. The topological polar surface area (TPSA) is 81.5 Å². The Labute approximate surface area is 158 Å². The van der Waals surface area contributed by atoms with Crippen LogP contribution in [-0.4, -0.2) is 58.1 Å². The number of hydrogen-bond acceptors (Lipinski definition) is 5. The molecule has 3 heterocycles. The maximum atomic E-state index is 12.5. The number of carbonyl (C=O) groups excluding carboxylic acids is 1. The summed E-state index contributed by atoms with van der Waals surface area (Å²) in [4.78, 5) is 14.3. The van der Waals surface area contributed by atoms with Gasteiger partial charge in [-0.05, 0) is 49.9 Å². The molecule has 0 radical (unpaired) electrons. The van der Waals surface area contributed by atoms with E-state index < -0.39 is 0 Å². The van der Waals surface area contributed by atoms with Gasteiger partial charge < -0.3 is 24.3 Å². The van der Waals surface area contributed by atoms with Crippen molar-refractivity contribution in [2.24, 2.45) is 0 Å². The van der Waals surface area contributed by atoms with E-state index in [9.17, 15) is 4.79 Å². The zero-order valence-electron chi connectivity index (χ0n) is 15.3. The number of ether oxygens (including phenoxy) is 2. The Morgan fingerprint density at radius 2 is 1.89 bits per heavy atom. The van der Waals surface area contributed by atoms with E-state index in [4.69, 9.17) is 9.47 Å². The quantitative estimate of drug-likeness (QED) is 0.874. The normalized spacial score (nSPS) is 20.6. The number of carbonyl (C=O) groups is 1. The van der Waals surface area contributed by atoms with Gasteiger partial charge in [-0.15, -0.1) is 10.2 Å². The smallest absolute Gasteiger partial charge is 0.321 e. The lowest BCUT2D eigenvalue weighted by molar-refractivity contribution is 0.0679. The van der Waals surface area contributed by atoms with Gasteiger partial charge in [0.15, 0.2) is 0 Å². The first-order valence-corrected chi connectivity index (χ1v) is 9.52. The highest BCUT2D eigenvalue weighted by Crippen LogP contribution is 2.23. The van der Waals surface area contributed by atoms with Crippen molar-refractivity contribution >= 4 is 11.7 Å². The van der Waals surface area contributed by atoms with Gasteiger partial charge in [-0.25, -0.2) is 4.79 Å². The lowest BCUT2D eigenvalue weighted by Gasteiger charge is -2.32. The highest BCUT2D eigenvalue weighted by molar-refractivity contribution is 5.89. The van der Waals surface area contributed by atoms with E-state index in [0.717, 1.165) is 56.8 Å². The first-order valence-electron chi connectivity index (χ1n) is 9.52. The van der Waals surface area contributed by atoms with Gasteiger partial charge in [-0.2, -0.15) is 0 Å². The molecule has 2 aliphatic rings. The van der Waals surface area contributed by atoms with E-state index in [2.05, 4.69) is 15.5 Å². The number of amides is 2. The summed E-state index contributed by atoms with van der Waals surface area (Å²) in [6.45, 7) is 2.84. The monoisotopic (exact) mass is 371 g/mol. The van der Waals surface area contributed by atoms with E-state index in [1.165, 1.54) is 0 Å². The van der Waals surface area contributed by atoms with Crippen molar-refractivity contribution < 1.29 is 14.3 Å². The van der Waals surface area contributed by atoms with Gasteiger partial charge in [0.1, 0.15) is 25.0 Å². The number of piperidine rings is 1. The van der Waals surface area contributed by atoms with Crippen LogP contribution >= 0.6 is 0 Å². The van der Waals surface area contributed by atoms with Crippen molar-refractivity contribution in [1.29, 1.82) is 0 Å². The highest BCUT2D eigenvalue weighted by atomic mass is 16.5. The van der Waals surface area contributed by atoms with Gasteiger partial charge in [-0.1, -0.05) is 0 Å². The van der Waals surface area contributed by atoms with Gasteiger partial charge >= 0.3 is 6.03 Å². The number of rotatable bonds is 5. The molecule has 1 N–H and O–H groups in total. The van der Waals surface area contributed by atoms with Crippen LogP contribution in [-0.2, 0) is 4.74 Å². The van der Waals surface area contributed by atoms with E-state index in [-0.39, 0.29) is 12.1 Å². The largest absolute Gasteiger partial charge is 0.491 e. The predicted molar refractivity (Wildman–Crippen MR) is 99.8 cm³/mol. The molecule has 144 valence electrons. The van der Waals surface area contributed by atoms with Crippen LogP contribution in [0.5, 0.6) is 5.75 Å².